The highest BCUT2D eigenvalue weighted by atomic mass is 16.2. The molecule has 2 fully saturated rings. The highest BCUT2D eigenvalue weighted by Gasteiger charge is 2.33. The Bertz CT molecular complexity index is 249. The van der Waals surface area contributed by atoms with E-state index in [1.807, 2.05) is 0 Å². The van der Waals surface area contributed by atoms with Crippen molar-refractivity contribution in [2.75, 3.05) is 26.2 Å². The maximum atomic E-state index is 12.4. The molecule has 0 aromatic heterocycles. The van der Waals surface area contributed by atoms with E-state index in [2.05, 4.69) is 16.7 Å². The number of hydrogen-bond donors (Lipinski definition) is 0. The largest absolute Gasteiger partial charge is 0.341 e. The summed E-state index contributed by atoms with van der Waals surface area (Å²) in [6, 6.07) is 0.213. The van der Waals surface area contributed by atoms with Gasteiger partial charge in [0.05, 0.1) is 6.04 Å². The van der Waals surface area contributed by atoms with Crippen molar-refractivity contribution < 1.29 is 4.79 Å². The Hall–Kier alpha value is -0.570. The summed E-state index contributed by atoms with van der Waals surface area (Å²) >= 11 is 0. The van der Waals surface area contributed by atoms with E-state index >= 15 is 0 Å². The molecule has 0 N–H and O–H groups in total. The van der Waals surface area contributed by atoms with Crippen LogP contribution in [0.25, 0.3) is 0 Å². The van der Waals surface area contributed by atoms with Crippen LogP contribution in [0, 0.1) is 0 Å². The van der Waals surface area contributed by atoms with Crippen molar-refractivity contribution in [1.29, 1.82) is 0 Å². The van der Waals surface area contributed by atoms with Crippen LogP contribution < -0.4 is 0 Å². The number of carbonyl (C=O) groups is 1. The Labute approximate surface area is 105 Å². The van der Waals surface area contributed by atoms with Crippen LogP contribution in [0.4, 0.5) is 0 Å². The quantitative estimate of drug-likeness (QED) is 0.686. The number of unbranched alkanes of at least 4 members (excludes halogenated alkanes) is 2. The zero-order valence-corrected chi connectivity index (χ0v) is 11.2. The van der Waals surface area contributed by atoms with Crippen LogP contribution in [0.5, 0.6) is 0 Å². The van der Waals surface area contributed by atoms with Crippen LogP contribution >= 0.6 is 0 Å². The van der Waals surface area contributed by atoms with Crippen molar-refractivity contribution in [2.45, 2.75) is 57.9 Å². The molecule has 2 rings (SSSR count). The molecule has 2 aliphatic rings. The summed E-state index contributed by atoms with van der Waals surface area (Å²) in [6.07, 6.45) is 8.50. The Morgan fingerprint density at radius 1 is 1.12 bits per heavy atom. The van der Waals surface area contributed by atoms with Gasteiger partial charge in [0.25, 0.3) is 0 Å². The minimum absolute atomic E-state index is 0.213. The molecule has 0 saturated carbocycles. The number of carbonyl (C=O) groups excluding carboxylic acids is 1. The normalized spacial score (nSPS) is 25.7. The van der Waals surface area contributed by atoms with Gasteiger partial charge < -0.3 is 4.90 Å². The summed E-state index contributed by atoms with van der Waals surface area (Å²) in [5, 5.41) is 0. The number of hydrogen-bond acceptors (Lipinski definition) is 2. The molecule has 0 aliphatic carbocycles. The van der Waals surface area contributed by atoms with Crippen molar-refractivity contribution in [3.05, 3.63) is 0 Å². The molecule has 2 saturated heterocycles. The van der Waals surface area contributed by atoms with Crippen LogP contribution in [0.3, 0.4) is 0 Å². The maximum absolute atomic E-state index is 12.4. The molecule has 98 valence electrons. The molecule has 0 unspecified atom stereocenters. The lowest BCUT2D eigenvalue weighted by Crippen LogP contribution is -2.44. The second-order valence-electron chi connectivity index (χ2n) is 5.43. The summed E-state index contributed by atoms with van der Waals surface area (Å²) in [6.45, 7) is 6.49. The van der Waals surface area contributed by atoms with Crippen molar-refractivity contribution in [1.82, 2.24) is 9.80 Å². The topological polar surface area (TPSA) is 23.6 Å². The second-order valence-corrected chi connectivity index (χ2v) is 5.43. The van der Waals surface area contributed by atoms with Crippen molar-refractivity contribution in [3.63, 3.8) is 0 Å². The summed E-state index contributed by atoms with van der Waals surface area (Å²) < 4.78 is 0. The molecule has 2 aliphatic heterocycles. The maximum Gasteiger partial charge on any atom is 0.239 e. The van der Waals surface area contributed by atoms with Crippen LogP contribution in [0.15, 0.2) is 0 Å². The van der Waals surface area contributed by atoms with Gasteiger partial charge in [-0.25, -0.2) is 0 Å². The lowest BCUT2D eigenvalue weighted by atomic mass is 10.2. The van der Waals surface area contributed by atoms with Gasteiger partial charge >= 0.3 is 0 Å². The first-order valence-electron chi connectivity index (χ1n) is 7.35. The smallest absolute Gasteiger partial charge is 0.239 e. The molecule has 0 bridgehead atoms. The van der Waals surface area contributed by atoms with Gasteiger partial charge in [-0.2, -0.15) is 0 Å². The highest BCUT2D eigenvalue weighted by Crippen LogP contribution is 2.22. The fourth-order valence-electron chi connectivity index (χ4n) is 3.09. The zero-order valence-electron chi connectivity index (χ0n) is 11.2. The van der Waals surface area contributed by atoms with Gasteiger partial charge in [-0.3, -0.25) is 9.69 Å². The average Bonchev–Trinajstić information content (AvgIpc) is 3.00. The monoisotopic (exact) mass is 238 g/mol. The van der Waals surface area contributed by atoms with Crippen LogP contribution in [0.1, 0.15) is 51.9 Å². The first-order valence-corrected chi connectivity index (χ1v) is 7.35. The fraction of sp³-hybridized carbons (Fsp3) is 0.929. The molecular formula is C14H26N2O. The molecule has 0 aromatic rings. The SMILES string of the molecule is CCCCCN1CCC[C@H]1C(=O)N1CCCC1. The van der Waals surface area contributed by atoms with Gasteiger partial charge in [-0.1, -0.05) is 19.8 Å². The minimum Gasteiger partial charge on any atom is -0.341 e. The van der Waals surface area contributed by atoms with Crippen molar-refractivity contribution >= 4 is 5.91 Å². The Morgan fingerprint density at radius 3 is 2.59 bits per heavy atom. The van der Waals surface area contributed by atoms with E-state index in [0.717, 1.165) is 32.6 Å². The molecule has 3 heteroatoms. The summed E-state index contributed by atoms with van der Waals surface area (Å²) in [5.41, 5.74) is 0. The number of nitrogens with zero attached hydrogens (tertiary/aromatic N) is 2. The van der Waals surface area contributed by atoms with Crippen LogP contribution in [0.2, 0.25) is 0 Å². The molecule has 1 atom stereocenters. The number of likely N-dealkylation sites (tertiary alicyclic amines) is 2. The highest BCUT2D eigenvalue weighted by molar-refractivity contribution is 5.82. The van der Waals surface area contributed by atoms with Gasteiger partial charge in [0.2, 0.25) is 5.91 Å². The van der Waals surface area contributed by atoms with Gasteiger partial charge in [0.1, 0.15) is 0 Å². The van der Waals surface area contributed by atoms with E-state index in [-0.39, 0.29) is 6.04 Å². The van der Waals surface area contributed by atoms with Gasteiger partial charge in [0.15, 0.2) is 0 Å². The van der Waals surface area contributed by atoms with E-state index < -0.39 is 0 Å². The predicted octanol–water partition coefficient (Wildman–Crippen LogP) is 2.26. The summed E-state index contributed by atoms with van der Waals surface area (Å²) in [7, 11) is 0. The van der Waals surface area contributed by atoms with Crippen LogP contribution in [-0.4, -0.2) is 47.9 Å². The molecule has 1 amide bonds. The van der Waals surface area contributed by atoms with E-state index in [0.29, 0.717) is 5.91 Å². The molecule has 0 spiro atoms. The van der Waals surface area contributed by atoms with Crippen molar-refractivity contribution in [3.8, 4) is 0 Å². The molecule has 17 heavy (non-hydrogen) atoms. The fourth-order valence-corrected chi connectivity index (χ4v) is 3.09. The van der Waals surface area contributed by atoms with Crippen LogP contribution in [-0.2, 0) is 4.79 Å². The Balaban J connectivity index is 1.82. The zero-order chi connectivity index (χ0) is 12.1. The third-order valence-electron chi connectivity index (χ3n) is 4.12. The summed E-state index contributed by atoms with van der Waals surface area (Å²) in [4.78, 5) is 16.9. The van der Waals surface area contributed by atoms with E-state index in [9.17, 15) is 4.79 Å². The lowest BCUT2D eigenvalue weighted by molar-refractivity contribution is -0.134. The third kappa shape index (κ3) is 3.21. The number of rotatable bonds is 5. The first kappa shape index (κ1) is 12.9. The minimum atomic E-state index is 0.213. The van der Waals surface area contributed by atoms with E-state index in [4.69, 9.17) is 0 Å². The van der Waals surface area contributed by atoms with Gasteiger partial charge in [-0.05, 0) is 45.2 Å². The molecule has 2 heterocycles. The van der Waals surface area contributed by atoms with Gasteiger partial charge in [-0.15, -0.1) is 0 Å². The predicted molar refractivity (Wildman–Crippen MR) is 69.9 cm³/mol. The average molecular weight is 238 g/mol. The van der Waals surface area contributed by atoms with E-state index in [1.54, 1.807) is 0 Å². The molecule has 3 nitrogen and oxygen atoms in total. The second kappa shape index (κ2) is 6.39. The standard InChI is InChI=1S/C14H26N2O/c1-2-3-4-9-15-12-7-8-13(15)14(17)16-10-5-6-11-16/h13H,2-12H2,1H3/t13-/m0/s1. The Morgan fingerprint density at radius 2 is 1.88 bits per heavy atom. The third-order valence-corrected chi connectivity index (χ3v) is 4.12. The van der Waals surface area contributed by atoms with E-state index in [1.165, 1.54) is 38.5 Å². The number of amides is 1. The molecule has 0 radical (unpaired) electrons. The lowest BCUT2D eigenvalue weighted by Gasteiger charge is -2.27. The Kier molecular flexibility index (Phi) is 4.84. The summed E-state index contributed by atoms with van der Waals surface area (Å²) in [5.74, 6) is 0.413. The van der Waals surface area contributed by atoms with Crippen molar-refractivity contribution in [2.24, 2.45) is 0 Å². The molecule has 0 aromatic carbocycles. The molecular weight excluding hydrogens is 212 g/mol. The first-order chi connectivity index (χ1) is 8.33. The van der Waals surface area contributed by atoms with Gasteiger partial charge in [0, 0.05) is 13.1 Å².